The van der Waals surface area contributed by atoms with Crippen LogP contribution in [0.25, 0.3) is 0 Å². The average Bonchev–Trinajstić information content (AvgIpc) is 3.16. The number of hydrogen-bond acceptors (Lipinski definition) is 4. The summed E-state index contributed by atoms with van der Waals surface area (Å²) in [7, 11) is 1.64. The first-order valence-electron chi connectivity index (χ1n) is 7.52. The minimum Gasteiger partial charge on any atom is -0.495 e. The summed E-state index contributed by atoms with van der Waals surface area (Å²) in [4.78, 5) is 14.4. The molecule has 23 heavy (non-hydrogen) atoms. The van der Waals surface area contributed by atoms with Crippen molar-refractivity contribution in [2.24, 2.45) is 0 Å². The van der Waals surface area contributed by atoms with Gasteiger partial charge in [0.05, 0.1) is 24.6 Å². The number of rotatable bonds is 4. The number of anilines is 1. The number of nitrogens with one attached hydrogen (secondary N) is 1. The van der Waals surface area contributed by atoms with Crippen LogP contribution < -0.4 is 15.0 Å². The van der Waals surface area contributed by atoms with Gasteiger partial charge in [-0.1, -0.05) is 11.6 Å². The first-order valence-corrected chi connectivity index (χ1v) is 7.89. The molecule has 5 nitrogen and oxygen atoms in total. The normalized spacial score (nSPS) is 17.3. The lowest BCUT2D eigenvalue weighted by Crippen LogP contribution is -2.37. The van der Waals surface area contributed by atoms with Crippen molar-refractivity contribution >= 4 is 23.2 Å². The molecule has 0 unspecified atom stereocenters. The molecule has 2 heterocycles. The lowest BCUT2D eigenvalue weighted by molar-refractivity contribution is 0.0939. The van der Waals surface area contributed by atoms with Crippen molar-refractivity contribution in [3.8, 4) is 5.75 Å². The van der Waals surface area contributed by atoms with Crippen LogP contribution in [0, 0.1) is 6.92 Å². The van der Waals surface area contributed by atoms with Gasteiger partial charge in [-0.3, -0.25) is 4.79 Å². The topological polar surface area (TPSA) is 54.7 Å². The minimum absolute atomic E-state index is 0.0838. The minimum atomic E-state index is -0.0961. The maximum atomic E-state index is 12.3. The van der Waals surface area contributed by atoms with Gasteiger partial charge in [-0.25, -0.2) is 0 Å². The molecule has 3 rings (SSSR count). The first kappa shape index (κ1) is 15.7. The summed E-state index contributed by atoms with van der Waals surface area (Å²) in [5.41, 5.74) is 1.54. The summed E-state index contributed by atoms with van der Waals surface area (Å²) in [6.45, 7) is 3.35. The smallest absolute Gasteiger partial charge is 0.255 e. The van der Waals surface area contributed by atoms with Crippen LogP contribution in [0.5, 0.6) is 5.75 Å². The van der Waals surface area contributed by atoms with Gasteiger partial charge in [-0.15, -0.1) is 0 Å². The van der Waals surface area contributed by atoms with Gasteiger partial charge in [0.2, 0.25) is 0 Å². The van der Waals surface area contributed by atoms with Gasteiger partial charge in [0.15, 0.2) is 0 Å². The predicted molar refractivity (Wildman–Crippen MR) is 89.5 cm³/mol. The van der Waals surface area contributed by atoms with Crippen LogP contribution in [0.2, 0.25) is 5.02 Å². The van der Waals surface area contributed by atoms with Gasteiger partial charge in [0.1, 0.15) is 11.5 Å². The Morgan fingerprint density at radius 2 is 2.26 bits per heavy atom. The molecule has 2 aromatic rings. The molecule has 1 saturated heterocycles. The standard InChI is InChI=1S/C17H19ClN2O3/c1-11-14(6-8-23-11)17(21)19-13-5-7-20(10-13)15-9-12(18)3-4-16(15)22-2/h3-4,6,8-9,13H,5,7,10H2,1-2H3,(H,19,21)/t13-/m1/s1. The predicted octanol–water partition coefficient (Wildman–Crippen LogP) is 3.26. The zero-order valence-corrected chi connectivity index (χ0v) is 13.9. The van der Waals surface area contributed by atoms with E-state index in [9.17, 15) is 4.79 Å². The Kier molecular flexibility index (Phi) is 4.48. The van der Waals surface area contributed by atoms with Crippen molar-refractivity contribution in [1.29, 1.82) is 0 Å². The van der Waals surface area contributed by atoms with E-state index in [1.807, 2.05) is 12.1 Å². The lowest BCUT2D eigenvalue weighted by Gasteiger charge is -2.21. The van der Waals surface area contributed by atoms with E-state index in [0.29, 0.717) is 16.3 Å². The number of halogens is 1. The summed E-state index contributed by atoms with van der Waals surface area (Å²) in [5.74, 6) is 1.32. The number of furan rings is 1. The molecule has 6 heteroatoms. The monoisotopic (exact) mass is 334 g/mol. The molecule has 1 aromatic carbocycles. The van der Waals surface area contributed by atoms with E-state index in [4.69, 9.17) is 20.8 Å². The van der Waals surface area contributed by atoms with Gasteiger partial charge in [0, 0.05) is 24.2 Å². The largest absolute Gasteiger partial charge is 0.495 e. The molecule has 0 spiro atoms. The quantitative estimate of drug-likeness (QED) is 0.932. The number of hydrogen-bond donors (Lipinski definition) is 1. The molecule has 0 saturated carbocycles. The van der Waals surface area contributed by atoms with Crippen LogP contribution in [0.15, 0.2) is 34.9 Å². The Bertz CT molecular complexity index is 714. The molecule has 1 N–H and O–H groups in total. The fourth-order valence-electron chi connectivity index (χ4n) is 2.89. The number of ether oxygens (including phenoxy) is 1. The van der Waals surface area contributed by atoms with Gasteiger partial charge in [-0.2, -0.15) is 0 Å². The zero-order valence-electron chi connectivity index (χ0n) is 13.1. The second-order valence-corrected chi connectivity index (χ2v) is 6.05. The van der Waals surface area contributed by atoms with Gasteiger partial charge in [-0.05, 0) is 37.6 Å². The van der Waals surface area contributed by atoms with E-state index in [-0.39, 0.29) is 11.9 Å². The molecule has 1 aromatic heterocycles. The Labute approximate surface area is 140 Å². The molecule has 1 fully saturated rings. The number of amides is 1. The van der Waals surface area contributed by atoms with Crippen molar-refractivity contribution in [2.45, 2.75) is 19.4 Å². The summed E-state index contributed by atoms with van der Waals surface area (Å²) < 4.78 is 10.6. The number of carbonyl (C=O) groups is 1. The van der Waals surface area contributed by atoms with Crippen LogP contribution in [0.3, 0.4) is 0 Å². The number of aryl methyl sites for hydroxylation is 1. The van der Waals surface area contributed by atoms with Gasteiger partial charge >= 0.3 is 0 Å². The SMILES string of the molecule is COc1ccc(Cl)cc1N1CC[C@@H](NC(=O)c2ccoc2C)C1. The highest BCUT2D eigenvalue weighted by Gasteiger charge is 2.27. The zero-order chi connectivity index (χ0) is 16.4. The third kappa shape index (κ3) is 3.29. The molecular formula is C17H19ClN2O3. The maximum Gasteiger partial charge on any atom is 0.255 e. The number of nitrogens with zero attached hydrogens (tertiary/aromatic N) is 1. The van der Waals surface area contributed by atoms with E-state index in [1.165, 1.54) is 6.26 Å². The molecule has 1 aliphatic heterocycles. The number of benzene rings is 1. The molecule has 1 aliphatic rings. The highest BCUT2D eigenvalue weighted by atomic mass is 35.5. The summed E-state index contributed by atoms with van der Waals surface area (Å²) in [6.07, 6.45) is 2.40. The first-order chi connectivity index (χ1) is 11.1. The lowest BCUT2D eigenvalue weighted by atomic mass is 10.2. The highest BCUT2D eigenvalue weighted by molar-refractivity contribution is 6.30. The third-order valence-corrected chi connectivity index (χ3v) is 4.34. The number of methoxy groups -OCH3 is 1. The van der Waals surface area contributed by atoms with Gasteiger partial charge < -0.3 is 19.4 Å². The Morgan fingerprint density at radius 1 is 1.43 bits per heavy atom. The second kappa shape index (κ2) is 6.54. The number of carbonyl (C=O) groups excluding carboxylic acids is 1. The highest BCUT2D eigenvalue weighted by Crippen LogP contribution is 2.33. The fraction of sp³-hybridized carbons (Fsp3) is 0.353. The summed E-state index contributed by atoms with van der Waals surface area (Å²) in [5, 5.41) is 3.73. The van der Waals surface area contributed by atoms with Crippen LogP contribution >= 0.6 is 11.6 Å². The Hall–Kier alpha value is -2.14. The summed E-state index contributed by atoms with van der Waals surface area (Å²) in [6, 6.07) is 7.34. The van der Waals surface area contributed by atoms with Crippen molar-refractivity contribution in [3.05, 3.63) is 46.9 Å². The van der Waals surface area contributed by atoms with Crippen LogP contribution in [0.4, 0.5) is 5.69 Å². The maximum absolute atomic E-state index is 12.3. The average molecular weight is 335 g/mol. The fourth-order valence-corrected chi connectivity index (χ4v) is 3.06. The van der Waals surface area contributed by atoms with E-state index >= 15 is 0 Å². The molecule has 0 aliphatic carbocycles. The van der Waals surface area contributed by atoms with Crippen LogP contribution in [0.1, 0.15) is 22.5 Å². The molecular weight excluding hydrogens is 316 g/mol. The van der Waals surface area contributed by atoms with Crippen molar-refractivity contribution < 1.29 is 13.9 Å². The third-order valence-electron chi connectivity index (χ3n) is 4.11. The summed E-state index contributed by atoms with van der Waals surface area (Å²) >= 11 is 6.10. The molecule has 122 valence electrons. The molecule has 1 amide bonds. The molecule has 0 bridgehead atoms. The Balaban J connectivity index is 1.68. The van der Waals surface area contributed by atoms with E-state index in [1.54, 1.807) is 26.2 Å². The molecule has 0 radical (unpaired) electrons. The van der Waals surface area contributed by atoms with Crippen molar-refractivity contribution in [3.63, 3.8) is 0 Å². The van der Waals surface area contributed by atoms with E-state index in [0.717, 1.165) is 30.9 Å². The van der Waals surface area contributed by atoms with Crippen LogP contribution in [-0.4, -0.2) is 32.1 Å². The van der Waals surface area contributed by atoms with E-state index in [2.05, 4.69) is 10.2 Å². The van der Waals surface area contributed by atoms with Crippen LogP contribution in [-0.2, 0) is 0 Å². The van der Waals surface area contributed by atoms with Gasteiger partial charge in [0.25, 0.3) is 5.91 Å². The second-order valence-electron chi connectivity index (χ2n) is 5.61. The molecule has 1 atom stereocenters. The van der Waals surface area contributed by atoms with E-state index < -0.39 is 0 Å². The Morgan fingerprint density at radius 3 is 2.96 bits per heavy atom. The van der Waals surface area contributed by atoms with Crippen molar-refractivity contribution in [2.75, 3.05) is 25.1 Å². The van der Waals surface area contributed by atoms with Crippen molar-refractivity contribution in [1.82, 2.24) is 5.32 Å².